The van der Waals surface area contributed by atoms with E-state index in [-0.39, 0.29) is 12.1 Å². The third-order valence-corrected chi connectivity index (χ3v) is 3.94. The van der Waals surface area contributed by atoms with Gasteiger partial charge in [0.05, 0.1) is 6.61 Å². The summed E-state index contributed by atoms with van der Waals surface area (Å²) in [5.74, 6) is 0.883. The number of rotatable bonds is 8. The largest absolute Gasteiger partial charge is 0.394 e. The minimum Gasteiger partial charge on any atom is -0.394 e. The maximum absolute atomic E-state index is 9.53. The zero-order chi connectivity index (χ0) is 11.3. The fourth-order valence-electron chi connectivity index (χ4n) is 2.35. The Morgan fingerprint density at radius 1 is 1.27 bits per heavy atom. The second-order valence-corrected chi connectivity index (χ2v) is 5.02. The molecule has 1 fully saturated rings. The van der Waals surface area contributed by atoms with Crippen LogP contribution in [0.2, 0.25) is 0 Å². The average Bonchev–Trinajstić information content (AvgIpc) is 3.09. The third kappa shape index (κ3) is 3.46. The molecule has 0 aromatic carbocycles. The molecule has 0 spiro atoms. The van der Waals surface area contributed by atoms with Gasteiger partial charge >= 0.3 is 0 Å². The lowest BCUT2D eigenvalue weighted by Crippen LogP contribution is -2.53. The van der Waals surface area contributed by atoms with Gasteiger partial charge in [0, 0.05) is 11.6 Å². The van der Waals surface area contributed by atoms with Crippen LogP contribution in [0.15, 0.2) is 0 Å². The molecule has 15 heavy (non-hydrogen) atoms. The van der Waals surface area contributed by atoms with E-state index in [2.05, 4.69) is 26.1 Å². The van der Waals surface area contributed by atoms with Crippen LogP contribution >= 0.6 is 0 Å². The van der Waals surface area contributed by atoms with E-state index in [4.69, 9.17) is 0 Å². The van der Waals surface area contributed by atoms with Crippen molar-refractivity contribution in [2.75, 3.05) is 6.61 Å². The average molecular weight is 213 g/mol. The molecule has 0 aromatic heterocycles. The number of nitrogens with one attached hydrogen (secondary N) is 1. The van der Waals surface area contributed by atoms with E-state index in [0.717, 1.165) is 18.8 Å². The molecule has 0 amide bonds. The zero-order valence-corrected chi connectivity index (χ0v) is 10.6. The highest BCUT2D eigenvalue weighted by Crippen LogP contribution is 2.36. The molecule has 1 rings (SSSR count). The van der Waals surface area contributed by atoms with Crippen molar-refractivity contribution in [3.8, 4) is 0 Å². The van der Waals surface area contributed by atoms with Gasteiger partial charge in [-0.15, -0.1) is 0 Å². The fraction of sp³-hybridized carbons (Fsp3) is 1.00. The first kappa shape index (κ1) is 13.0. The quantitative estimate of drug-likeness (QED) is 0.650. The Kier molecular flexibility index (Phi) is 5.07. The van der Waals surface area contributed by atoms with Crippen LogP contribution in [0.25, 0.3) is 0 Å². The van der Waals surface area contributed by atoms with Crippen molar-refractivity contribution in [1.82, 2.24) is 5.32 Å². The molecule has 0 aliphatic heterocycles. The Labute approximate surface area is 94.5 Å². The highest BCUT2D eigenvalue weighted by atomic mass is 16.3. The first-order chi connectivity index (χ1) is 7.21. The van der Waals surface area contributed by atoms with Crippen molar-refractivity contribution in [3.05, 3.63) is 0 Å². The van der Waals surface area contributed by atoms with Gasteiger partial charge in [0.1, 0.15) is 0 Å². The molecule has 90 valence electrons. The lowest BCUT2D eigenvalue weighted by Gasteiger charge is -2.35. The van der Waals surface area contributed by atoms with Crippen LogP contribution in [-0.2, 0) is 0 Å². The molecule has 0 bridgehead atoms. The summed E-state index contributed by atoms with van der Waals surface area (Å²) < 4.78 is 0. The van der Waals surface area contributed by atoms with E-state index in [1.807, 2.05) is 0 Å². The van der Waals surface area contributed by atoms with E-state index in [1.165, 1.54) is 25.7 Å². The Bertz CT molecular complexity index is 165. The molecule has 1 unspecified atom stereocenters. The second-order valence-electron chi connectivity index (χ2n) is 5.02. The van der Waals surface area contributed by atoms with Crippen LogP contribution < -0.4 is 5.32 Å². The summed E-state index contributed by atoms with van der Waals surface area (Å²) in [7, 11) is 0. The molecule has 1 aliphatic rings. The van der Waals surface area contributed by atoms with E-state index >= 15 is 0 Å². The molecule has 0 heterocycles. The van der Waals surface area contributed by atoms with E-state index in [1.54, 1.807) is 0 Å². The predicted molar refractivity (Wildman–Crippen MR) is 65.0 cm³/mol. The minimum atomic E-state index is -0.0254. The van der Waals surface area contributed by atoms with Gasteiger partial charge in [-0.3, -0.25) is 0 Å². The van der Waals surface area contributed by atoms with Crippen LogP contribution in [-0.4, -0.2) is 23.3 Å². The van der Waals surface area contributed by atoms with Crippen molar-refractivity contribution in [3.63, 3.8) is 0 Å². The van der Waals surface area contributed by atoms with Gasteiger partial charge in [-0.2, -0.15) is 0 Å². The van der Waals surface area contributed by atoms with Crippen LogP contribution in [0.3, 0.4) is 0 Å². The second kappa shape index (κ2) is 5.86. The number of aliphatic hydroxyl groups excluding tert-OH is 1. The van der Waals surface area contributed by atoms with Crippen LogP contribution in [0.4, 0.5) is 0 Å². The first-order valence-electron chi connectivity index (χ1n) is 6.59. The summed E-state index contributed by atoms with van der Waals surface area (Å²) in [5.41, 5.74) is -0.0254. The van der Waals surface area contributed by atoms with Crippen molar-refractivity contribution in [2.45, 2.75) is 70.9 Å². The smallest absolute Gasteiger partial charge is 0.0613 e. The zero-order valence-electron chi connectivity index (χ0n) is 10.6. The van der Waals surface area contributed by atoms with Gasteiger partial charge < -0.3 is 10.4 Å². The molecule has 1 saturated carbocycles. The molecule has 1 atom stereocenters. The fourth-order valence-corrected chi connectivity index (χ4v) is 2.35. The minimum absolute atomic E-state index is 0.0254. The van der Waals surface area contributed by atoms with Gasteiger partial charge in [-0.25, -0.2) is 0 Å². The molecule has 2 nitrogen and oxygen atoms in total. The van der Waals surface area contributed by atoms with Gasteiger partial charge in [-0.05, 0) is 38.0 Å². The monoisotopic (exact) mass is 213 g/mol. The lowest BCUT2D eigenvalue weighted by atomic mass is 9.91. The lowest BCUT2D eigenvalue weighted by molar-refractivity contribution is 0.131. The maximum atomic E-state index is 9.53. The highest BCUT2D eigenvalue weighted by Gasteiger charge is 2.35. The Morgan fingerprint density at radius 2 is 1.87 bits per heavy atom. The van der Waals surface area contributed by atoms with E-state index in [9.17, 15) is 5.11 Å². The van der Waals surface area contributed by atoms with Gasteiger partial charge in [-0.1, -0.05) is 27.2 Å². The summed E-state index contributed by atoms with van der Waals surface area (Å²) in [6, 6.07) is 0.641. The molecule has 0 aromatic rings. The highest BCUT2D eigenvalue weighted by molar-refractivity contribution is 4.94. The summed E-state index contributed by atoms with van der Waals surface area (Å²) in [6.07, 6.45) is 7.30. The third-order valence-electron chi connectivity index (χ3n) is 3.94. The topological polar surface area (TPSA) is 32.3 Å². The summed E-state index contributed by atoms with van der Waals surface area (Å²) in [5, 5.41) is 13.3. The summed E-state index contributed by atoms with van der Waals surface area (Å²) in [4.78, 5) is 0. The standard InChI is InChI=1S/C13H27NO/c1-4-7-12(11-8-9-11)14-13(5-2,6-3)10-15/h11-12,14-15H,4-10H2,1-3H3. The maximum Gasteiger partial charge on any atom is 0.0613 e. The molecule has 0 saturated heterocycles. The van der Waals surface area contributed by atoms with Gasteiger partial charge in [0.2, 0.25) is 0 Å². The predicted octanol–water partition coefficient (Wildman–Crippen LogP) is 2.71. The van der Waals surface area contributed by atoms with Crippen molar-refractivity contribution >= 4 is 0 Å². The van der Waals surface area contributed by atoms with Crippen LogP contribution in [0.5, 0.6) is 0 Å². The Balaban J connectivity index is 2.52. The number of hydrogen-bond donors (Lipinski definition) is 2. The molecular formula is C13H27NO. The molecule has 2 heteroatoms. The van der Waals surface area contributed by atoms with Crippen molar-refractivity contribution in [1.29, 1.82) is 0 Å². The molecule has 0 radical (unpaired) electrons. The first-order valence-corrected chi connectivity index (χ1v) is 6.59. The molecular weight excluding hydrogens is 186 g/mol. The van der Waals surface area contributed by atoms with Crippen molar-refractivity contribution < 1.29 is 5.11 Å². The molecule has 1 aliphatic carbocycles. The Hall–Kier alpha value is -0.0800. The summed E-state index contributed by atoms with van der Waals surface area (Å²) in [6.45, 7) is 6.85. The molecule has 2 N–H and O–H groups in total. The van der Waals surface area contributed by atoms with Gasteiger partial charge in [0.25, 0.3) is 0 Å². The Morgan fingerprint density at radius 3 is 2.20 bits per heavy atom. The van der Waals surface area contributed by atoms with Crippen LogP contribution in [0.1, 0.15) is 59.3 Å². The number of hydrogen-bond acceptors (Lipinski definition) is 2. The van der Waals surface area contributed by atoms with Crippen molar-refractivity contribution in [2.24, 2.45) is 5.92 Å². The van der Waals surface area contributed by atoms with Gasteiger partial charge in [0.15, 0.2) is 0 Å². The number of aliphatic hydroxyl groups is 1. The SMILES string of the molecule is CCCC(NC(CC)(CC)CO)C1CC1. The normalized spacial score (nSPS) is 19.2. The van der Waals surface area contributed by atoms with Crippen LogP contribution in [0, 0.1) is 5.92 Å². The van der Waals surface area contributed by atoms with E-state index in [0.29, 0.717) is 6.04 Å². The summed E-state index contributed by atoms with van der Waals surface area (Å²) >= 11 is 0. The van der Waals surface area contributed by atoms with E-state index < -0.39 is 0 Å².